The number of rotatable bonds is 4. The van der Waals surface area contributed by atoms with Crippen LogP contribution in [0.4, 0.5) is 0 Å². The van der Waals surface area contributed by atoms with Crippen LogP contribution in [0.3, 0.4) is 0 Å². The fourth-order valence-corrected chi connectivity index (χ4v) is 2.27. The topological polar surface area (TPSA) is 66.7 Å². The van der Waals surface area contributed by atoms with Gasteiger partial charge in [0, 0.05) is 12.4 Å². The molecule has 0 bridgehead atoms. The average Bonchev–Trinajstić information content (AvgIpc) is 3.04. The first-order chi connectivity index (χ1) is 9.88. The summed E-state index contributed by atoms with van der Waals surface area (Å²) in [6, 6.07) is 18.5. The number of aromatic nitrogens is 2. The second kappa shape index (κ2) is 5.69. The molecule has 3 aromatic rings. The molecule has 0 fully saturated rings. The van der Waals surface area contributed by atoms with E-state index in [9.17, 15) is 0 Å². The van der Waals surface area contributed by atoms with Crippen molar-refractivity contribution in [1.29, 1.82) is 0 Å². The van der Waals surface area contributed by atoms with E-state index >= 15 is 0 Å². The van der Waals surface area contributed by atoms with E-state index in [1.807, 2.05) is 18.2 Å². The smallest absolute Gasteiger partial charge is 0.129 e. The molecule has 0 amide bonds. The lowest BCUT2D eigenvalue weighted by molar-refractivity contribution is 0.608. The molecule has 0 aliphatic carbocycles. The first-order valence-electron chi connectivity index (χ1n) is 6.49. The van der Waals surface area contributed by atoms with Gasteiger partial charge in [0.1, 0.15) is 11.9 Å². The van der Waals surface area contributed by atoms with Gasteiger partial charge in [0.15, 0.2) is 0 Å². The molecule has 0 radical (unpaired) electrons. The minimum absolute atomic E-state index is 0.130. The largest absolute Gasteiger partial charge is 0.347 e. The summed E-state index contributed by atoms with van der Waals surface area (Å²) in [7, 11) is 0. The van der Waals surface area contributed by atoms with Crippen LogP contribution < -0.4 is 11.3 Å². The van der Waals surface area contributed by atoms with Crippen LogP contribution in [0.1, 0.15) is 17.4 Å². The second-order valence-electron chi connectivity index (χ2n) is 4.56. The van der Waals surface area contributed by atoms with E-state index in [4.69, 9.17) is 5.84 Å². The molecule has 0 aliphatic heterocycles. The van der Waals surface area contributed by atoms with Gasteiger partial charge in [-0.1, -0.05) is 54.6 Å². The summed E-state index contributed by atoms with van der Waals surface area (Å²) in [4.78, 5) is 7.33. The molecule has 4 nitrogen and oxygen atoms in total. The van der Waals surface area contributed by atoms with Crippen LogP contribution in [0.2, 0.25) is 0 Å². The van der Waals surface area contributed by atoms with Gasteiger partial charge in [-0.15, -0.1) is 0 Å². The maximum atomic E-state index is 5.64. The highest BCUT2D eigenvalue weighted by atomic mass is 15.2. The number of hydrazine groups is 1. The molecule has 20 heavy (non-hydrogen) atoms. The van der Waals surface area contributed by atoms with Gasteiger partial charge >= 0.3 is 0 Å². The highest BCUT2D eigenvalue weighted by molar-refractivity contribution is 5.63. The molecule has 1 aromatic heterocycles. The van der Waals surface area contributed by atoms with Crippen LogP contribution in [0.25, 0.3) is 11.1 Å². The quantitative estimate of drug-likeness (QED) is 0.501. The fraction of sp³-hybridized carbons (Fsp3) is 0.0625. The second-order valence-corrected chi connectivity index (χ2v) is 4.56. The van der Waals surface area contributed by atoms with Gasteiger partial charge in [-0.05, 0) is 16.7 Å². The number of H-pyrrole nitrogens is 1. The van der Waals surface area contributed by atoms with Crippen LogP contribution in [0.15, 0.2) is 67.0 Å². The summed E-state index contributed by atoms with van der Waals surface area (Å²) >= 11 is 0. The van der Waals surface area contributed by atoms with Gasteiger partial charge in [-0.2, -0.15) is 0 Å². The van der Waals surface area contributed by atoms with Gasteiger partial charge in [-0.3, -0.25) is 5.84 Å². The molecule has 1 heterocycles. The third-order valence-electron chi connectivity index (χ3n) is 3.31. The highest BCUT2D eigenvalue weighted by Crippen LogP contribution is 2.23. The Labute approximate surface area is 117 Å². The predicted molar refractivity (Wildman–Crippen MR) is 79.6 cm³/mol. The normalized spacial score (nSPS) is 12.2. The maximum absolute atomic E-state index is 5.64. The Bertz CT molecular complexity index is 645. The number of nitrogens with one attached hydrogen (secondary N) is 2. The molecule has 4 N–H and O–H groups in total. The molecule has 4 heteroatoms. The van der Waals surface area contributed by atoms with E-state index in [2.05, 4.69) is 51.8 Å². The number of hydrogen-bond acceptors (Lipinski definition) is 3. The van der Waals surface area contributed by atoms with Crippen molar-refractivity contribution in [3.05, 3.63) is 78.4 Å². The summed E-state index contributed by atoms with van der Waals surface area (Å²) in [5, 5.41) is 0. The fourth-order valence-electron chi connectivity index (χ4n) is 2.27. The van der Waals surface area contributed by atoms with Crippen LogP contribution >= 0.6 is 0 Å². The molecule has 2 aromatic carbocycles. The third-order valence-corrected chi connectivity index (χ3v) is 3.31. The van der Waals surface area contributed by atoms with E-state index in [-0.39, 0.29) is 6.04 Å². The molecular formula is C16H16N4. The van der Waals surface area contributed by atoms with Crippen molar-refractivity contribution in [2.45, 2.75) is 6.04 Å². The Balaban J connectivity index is 1.89. The molecule has 3 rings (SSSR count). The van der Waals surface area contributed by atoms with E-state index in [1.54, 1.807) is 12.4 Å². The zero-order valence-electron chi connectivity index (χ0n) is 11.0. The predicted octanol–water partition coefficient (Wildman–Crippen LogP) is 2.63. The summed E-state index contributed by atoms with van der Waals surface area (Å²) < 4.78 is 0. The SMILES string of the molecule is NNC(c1ccc(-c2ccccc2)cc1)c1ncc[nH]1. The van der Waals surface area contributed by atoms with Gasteiger partial charge in [0.2, 0.25) is 0 Å². The molecular weight excluding hydrogens is 248 g/mol. The van der Waals surface area contributed by atoms with Crippen molar-refractivity contribution in [2.24, 2.45) is 5.84 Å². The van der Waals surface area contributed by atoms with Crippen LogP contribution in [0.5, 0.6) is 0 Å². The van der Waals surface area contributed by atoms with E-state index in [1.165, 1.54) is 11.1 Å². The molecule has 1 atom stereocenters. The van der Waals surface area contributed by atoms with E-state index < -0.39 is 0 Å². The van der Waals surface area contributed by atoms with Crippen LogP contribution in [-0.2, 0) is 0 Å². The Morgan fingerprint density at radius 2 is 1.65 bits per heavy atom. The van der Waals surface area contributed by atoms with Gasteiger partial charge < -0.3 is 4.98 Å². The Kier molecular flexibility index (Phi) is 3.58. The molecule has 0 saturated heterocycles. The van der Waals surface area contributed by atoms with Crippen molar-refractivity contribution in [1.82, 2.24) is 15.4 Å². The number of nitrogens with zero attached hydrogens (tertiary/aromatic N) is 1. The standard InChI is InChI=1S/C16H16N4/c17-20-15(16-18-10-11-19-16)14-8-6-13(7-9-14)12-4-2-1-3-5-12/h1-11,15,20H,17H2,(H,18,19). The molecule has 1 unspecified atom stereocenters. The Hall–Kier alpha value is -2.43. The number of hydrogen-bond donors (Lipinski definition) is 3. The highest BCUT2D eigenvalue weighted by Gasteiger charge is 2.14. The Morgan fingerprint density at radius 1 is 0.950 bits per heavy atom. The van der Waals surface area contributed by atoms with E-state index in [0.717, 1.165) is 11.4 Å². The van der Waals surface area contributed by atoms with Crippen LogP contribution in [0, 0.1) is 0 Å². The minimum atomic E-state index is -0.130. The van der Waals surface area contributed by atoms with Crippen molar-refractivity contribution in [2.75, 3.05) is 0 Å². The summed E-state index contributed by atoms with van der Waals surface area (Å²) in [6.45, 7) is 0. The Morgan fingerprint density at radius 3 is 2.25 bits per heavy atom. The lowest BCUT2D eigenvalue weighted by atomic mass is 10.0. The third kappa shape index (κ3) is 2.47. The average molecular weight is 264 g/mol. The molecule has 0 spiro atoms. The zero-order valence-corrected chi connectivity index (χ0v) is 11.0. The van der Waals surface area contributed by atoms with Gasteiger partial charge in [-0.25, -0.2) is 10.4 Å². The molecule has 100 valence electrons. The summed E-state index contributed by atoms with van der Waals surface area (Å²) in [6.07, 6.45) is 3.51. The van der Waals surface area contributed by atoms with Gasteiger partial charge in [0.25, 0.3) is 0 Å². The number of benzene rings is 2. The monoisotopic (exact) mass is 264 g/mol. The lowest BCUT2D eigenvalue weighted by Gasteiger charge is -2.14. The molecule has 0 aliphatic rings. The summed E-state index contributed by atoms with van der Waals surface area (Å²) in [5.74, 6) is 6.44. The van der Waals surface area contributed by atoms with E-state index in [0.29, 0.717) is 0 Å². The number of nitrogens with two attached hydrogens (primary N) is 1. The van der Waals surface area contributed by atoms with Crippen LogP contribution in [-0.4, -0.2) is 9.97 Å². The first kappa shape index (κ1) is 12.6. The van der Waals surface area contributed by atoms with Gasteiger partial charge in [0.05, 0.1) is 0 Å². The van der Waals surface area contributed by atoms with Crippen molar-refractivity contribution < 1.29 is 0 Å². The van der Waals surface area contributed by atoms with Crippen molar-refractivity contribution in [3.63, 3.8) is 0 Å². The summed E-state index contributed by atoms with van der Waals surface area (Å²) in [5.41, 5.74) is 6.25. The number of aromatic amines is 1. The zero-order chi connectivity index (χ0) is 13.8. The number of imidazole rings is 1. The minimum Gasteiger partial charge on any atom is -0.347 e. The van der Waals surface area contributed by atoms with Crippen molar-refractivity contribution in [3.8, 4) is 11.1 Å². The lowest BCUT2D eigenvalue weighted by Crippen LogP contribution is -2.29. The molecule has 0 saturated carbocycles. The van der Waals surface area contributed by atoms with Crippen molar-refractivity contribution >= 4 is 0 Å². The maximum Gasteiger partial charge on any atom is 0.129 e. The first-order valence-corrected chi connectivity index (χ1v) is 6.49.